The lowest BCUT2D eigenvalue weighted by Crippen LogP contribution is -1.98. The Bertz CT molecular complexity index is 761. The molecule has 2 aromatic heterocycles. The highest BCUT2D eigenvalue weighted by Gasteiger charge is 2.17. The lowest BCUT2D eigenvalue weighted by atomic mass is 10.2. The molecule has 0 spiro atoms. The maximum absolute atomic E-state index is 5.78. The zero-order valence-corrected chi connectivity index (χ0v) is 12.3. The predicted octanol–water partition coefficient (Wildman–Crippen LogP) is 2.57. The van der Waals surface area contributed by atoms with Gasteiger partial charge in [0.1, 0.15) is 5.75 Å². The third-order valence-corrected chi connectivity index (χ3v) is 3.92. The van der Waals surface area contributed by atoms with Crippen LogP contribution in [0.25, 0.3) is 15.5 Å². The largest absolute Gasteiger partial charge is 0.496 e. The van der Waals surface area contributed by atoms with Crippen LogP contribution in [0.5, 0.6) is 5.75 Å². The molecule has 0 atom stereocenters. The van der Waals surface area contributed by atoms with E-state index in [0.29, 0.717) is 11.4 Å². The fourth-order valence-electron chi connectivity index (χ4n) is 1.99. The molecule has 1 aromatic carbocycles. The van der Waals surface area contributed by atoms with Crippen LogP contribution in [0.3, 0.4) is 0 Å². The fourth-order valence-corrected chi connectivity index (χ4v) is 2.86. The van der Waals surface area contributed by atoms with Crippen LogP contribution in [0, 0.1) is 0 Å². The average molecular weight is 289 g/mol. The molecule has 0 amide bonds. The van der Waals surface area contributed by atoms with E-state index in [2.05, 4.69) is 29.1 Å². The number of hydrogen-bond donors (Lipinski definition) is 1. The highest BCUT2D eigenvalue weighted by Crippen LogP contribution is 2.34. The van der Waals surface area contributed by atoms with Crippen LogP contribution in [-0.4, -0.2) is 26.9 Å². The molecule has 0 radical (unpaired) electrons. The van der Waals surface area contributed by atoms with E-state index in [-0.39, 0.29) is 5.92 Å². The van der Waals surface area contributed by atoms with E-state index >= 15 is 0 Å². The van der Waals surface area contributed by atoms with Crippen molar-refractivity contribution in [3.63, 3.8) is 0 Å². The molecule has 3 rings (SSSR count). The Balaban J connectivity index is 2.15. The number of nitrogen functional groups attached to an aromatic ring is 1. The van der Waals surface area contributed by atoms with Crippen molar-refractivity contribution in [3.05, 3.63) is 24.0 Å². The number of aromatic nitrogens is 4. The van der Waals surface area contributed by atoms with E-state index in [1.54, 1.807) is 17.7 Å². The summed E-state index contributed by atoms with van der Waals surface area (Å²) in [6.07, 6.45) is 0. The van der Waals surface area contributed by atoms with E-state index < -0.39 is 0 Å². The van der Waals surface area contributed by atoms with Crippen molar-refractivity contribution in [2.45, 2.75) is 19.8 Å². The van der Waals surface area contributed by atoms with Crippen molar-refractivity contribution >= 4 is 22.0 Å². The zero-order valence-electron chi connectivity index (χ0n) is 11.5. The summed E-state index contributed by atoms with van der Waals surface area (Å²) in [7, 11) is 1.62. The number of rotatable bonds is 3. The molecule has 0 fully saturated rings. The molecular formula is C13H15N5OS. The van der Waals surface area contributed by atoms with Gasteiger partial charge in [0.25, 0.3) is 0 Å². The first kappa shape index (κ1) is 12.9. The van der Waals surface area contributed by atoms with Crippen LogP contribution in [0.1, 0.15) is 25.6 Å². The summed E-state index contributed by atoms with van der Waals surface area (Å²) in [4.78, 5) is 0.780. The highest BCUT2D eigenvalue weighted by atomic mass is 32.1. The zero-order chi connectivity index (χ0) is 14.3. The Morgan fingerprint density at radius 1 is 1.30 bits per heavy atom. The summed E-state index contributed by atoms with van der Waals surface area (Å²) in [5.74, 6) is 1.84. The maximum Gasteiger partial charge on any atom is 0.234 e. The Kier molecular flexibility index (Phi) is 3.06. The van der Waals surface area contributed by atoms with E-state index in [1.165, 1.54) is 11.3 Å². The van der Waals surface area contributed by atoms with Gasteiger partial charge in [-0.2, -0.15) is 9.61 Å². The van der Waals surface area contributed by atoms with Crippen LogP contribution in [0.2, 0.25) is 0 Å². The summed E-state index contributed by atoms with van der Waals surface area (Å²) < 4.78 is 7.16. The second-order valence-electron chi connectivity index (χ2n) is 4.77. The van der Waals surface area contributed by atoms with Gasteiger partial charge in [-0.3, -0.25) is 0 Å². The highest BCUT2D eigenvalue weighted by molar-refractivity contribution is 7.19. The smallest absolute Gasteiger partial charge is 0.234 e. The Morgan fingerprint density at radius 3 is 2.80 bits per heavy atom. The molecule has 2 heterocycles. The van der Waals surface area contributed by atoms with Crippen molar-refractivity contribution in [1.82, 2.24) is 19.8 Å². The molecule has 2 N–H and O–H groups in total. The second kappa shape index (κ2) is 4.75. The van der Waals surface area contributed by atoms with Crippen LogP contribution in [0.4, 0.5) is 5.69 Å². The predicted molar refractivity (Wildman–Crippen MR) is 79.1 cm³/mol. The number of nitrogens with zero attached hydrogens (tertiary/aromatic N) is 4. The number of nitrogens with two attached hydrogens (primary N) is 1. The van der Waals surface area contributed by atoms with E-state index in [1.807, 2.05) is 12.1 Å². The minimum atomic E-state index is 0.272. The van der Waals surface area contributed by atoms with Crippen LogP contribution < -0.4 is 10.5 Å². The molecule has 6 nitrogen and oxygen atoms in total. The molecule has 0 saturated carbocycles. The molecule has 0 saturated heterocycles. The van der Waals surface area contributed by atoms with Gasteiger partial charge in [0, 0.05) is 17.7 Å². The standard InChI is InChI=1S/C13H15N5OS/c1-7(2)11-15-16-13-18(11)17-12(20-13)9-5-4-8(14)6-10(9)19-3/h4-7H,14H2,1-3H3. The maximum atomic E-state index is 5.78. The minimum Gasteiger partial charge on any atom is -0.496 e. The molecule has 0 bridgehead atoms. The first-order valence-corrected chi connectivity index (χ1v) is 7.08. The monoisotopic (exact) mass is 289 g/mol. The van der Waals surface area contributed by atoms with Gasteiger partial charge >= 0.3 is 0 Å². The van der Waals surface area contributed by atoms with Crippen molar-refractivity contribution in [3.8, 4) is 16.3 Å². The second-order valence-corrected chi connectivity index (χ2v) is 5.73. The van der Waals surface area contributed by atoms with Gasteiger partial charge in [0.15, 0.2) is 10.8 Å². The third-order valence-electron chi connectivity index (χ3n) is 2.99. The van der Waals surface area contributed by atoms with Crippen molar-refractivity contribution < 1.29 is 4.74 Å². The number of hydrogen-bond acceptors (Lipinski definition) is 6. The number of anilines is 1. The van der Waals surface area contributed by atoms with Gasteiger partial charge in [-0.15, -0.1) is 10.2 Å². The van der Waals surface area contributed by atoms with Crippen LogP contribution in [-0.2, 0) is 0 Å². The molecule has 0 unspecified atom stereocenters. The summed E-state index contributed by atoms with van der Waals surface area (Å²) in [6, 6.07) is 5.54. The molecule has 0 aliphatic carbocycles. The SMILES string of the molecule is COc1cc(N)ccc1-c1nn2c(C(C)C)nnc2s1. The summed E-state index contributed by atoms with van der Waals surface area (Å²) >= 11 is 1.48. The first-order chi connectivity index (χ1) is 9.60. The van der Waals surface area contributed by atoms with E-state index in [0.717, 1.165) is 21.4 Å². The molecular weight excluding hydrogens is 274 g/mol. The number of ether oxygens (including phenoxy) is 1. The van der Waals surface area contributed by atoms with E-state index in [4.69, 9.17) is 10.5 Å². The average Bonchev–Trinajstić information content (AvgIpc) is 2.97. The summed E-state index contributed by atoms with van der Waals surface area (Å²) in [6.45, 7) is 4.14. The minimum absolute atomic E-state index is 0.272. The number of methoxy groups -OCH3 is 1. The van der Waals surface area contributed by atoms with Crippen LogP contribution in [0.15, 0.2) is 18.2 Å². The molecule has 20 heavy (non-hydrogen) atoms. The first-order valence-electron chi connectivity index (χ1n) is 6.26. The van der Waals surface area contributed by atoms with Gasteiger partial charge in [-0.25, -0.2) is 0 Å². The van der Waals surface area contributed by atoms with Gasteiger partial charge in [-0.1, -0.05) is 25.2 Å². The quantitative estimate of drug-likeness (QED) is 0.750. The summed E-state index contributed by atoms with van der Waals surface area (Å²) in [5, 5.41) is 13.8. The van der Waals surface area contributed by atoms with Gasteiger partial charge in [0.2, 0.25) is 4.96 Å². The molecule has 104 valence electrons. The van der Waals surface area contributed by atoms with Gasteiger partial charge in [-0.05, 0) is 12.1 Å². The van der Waals surface area contributed by atoms with Crippen molar-refractivity contribution in [2.75, 3.05) is 12.8 Å². The normalized spacial score (nSPS) is 11.4. The Hall–Kier alpha value is -2.15. The molecule has 0 aliphatic heterocycles. The Morgan fingerprint density at radius 2 is 2.10 bits per heavy atom. The summed E-state index contributed by atoms with van der Waals surface area (Å²) in [5.41, 5.74) is 7.35. The van der Waals surface area contributed by atoms with Gasteiger partial charge in [0.05, 0.1) is 12.7 Å². The topological polar surface area (TPSA) is 78.3 Å². The van der Waals surface area contributed by atoms with Crippen LogP contribution >= 0.6 is 11.3 Å². The number of benzene rings is 1. The molecule has 0 aliphatic rings. The lowest BCUT2D eigenvalue weighted by Gasteiger charge is -2.06. The van der Waals surface area contributed by atoms with Gasteiger partial charge < -0.3 is 10.5 Å². The number of fused-ring (bicyclic) bond motifs is 1. The molecule has 3 aromatic rings. The van der Waals surface area contributed by atoms with Crippen molar-refractivity contribution in [2.24, 2.45) is 0 Å². The third kappa shape index (κ3) is 2.00. The van der Waals surface area contributed by atoms with Crippen molar-refractivity contribution in [1.29, 1.82) is 0 Å². The molecule has 7 heteroatoms. The fraction of sp³-hybridized carbons (Fsp3) is 0.308. The lowest BCUT2D eigenvalue weighted by molar-refractivity contribution is 0.416. The van der Waals surface area contributed by atoms with E-state index in [9.17, 15) is 0 Å². The Labute approximate surface area is 120 Å².